The molecule has 9 heteroatoms. The number of hydrogen-bond donors (Lipinski definition) is 1. The van der Waals surface area contributed by atoms with Crippen LogP contribution in [0, 0.1) is 5.92 Å². The largest absolute Gasteiger partial charge is 0.495 e. The molecular weight excluding hydrogens is 378 g/mol. The maximum atomic E-state index is 13.3. The Morgan fingerprint density at radius 2 is 2.10 bits per heavy atom. The molecule has 1 aliphatic heterocycles. The summed E-state index contributed by atoms with van der Waals surface area (Å²) >= 11 is 0. The first-order valence-electron chi connectivity index (χ1n) is 9.64. The SMILES string of the molecule is COc1cc2c(cc1Nc1ncc3cnn(CC4CC4(F)F)c3n1)CN(C)CC2. The van der Waals surface area contributed by atoms with Crippen LogP contribution < -0.4 is 10.1 Å². The van der Waals surface area contributed by atoms with Gasteiger partial charge in [-0.15, -0.1) is 0 Å². The van der Waals surface area contributed by atoms with Crippen molar-refractivity contribution >= 4 is 22.7 Å². The molecule has 3 aromatic rings. The van der Waals surface area contributed by atoms with E-state index in [4.69, 9.17) is 4.74 Å². The lowest BCUT2D eigenvalue weighted by Crippen LogP contribution is -2.26. The van der Waals surface area contributed by atoms with Crippen molar-refractivity contribution in [1.82, 2.24) is 24.6 Å². The van der Waals surface area contributed by atoms with Gasteiger partial charge in [-0.25, -0.2) is 18.4 Å². The van der Waals surface area contributed by atoms with Crippen molar-refractivity contribution in [3.63, 3.8) is 0 Å². The molecule has 0 bridgehead atoms. The zero-order chi connectivity index (χ0) is 20.2. The topological polar surface area (TPSA) is 68.1 Å². The number of fused-ring (bicyclic) bond motifs is 2. The van der Waals surface area contributed by atoms with Gasteiger partial charge >= 0.3 is 0 Å². The van der Waals surface area contributed by atoms with Crippen LogP contribution in [0.5, 0.6) is 5.75 Å². The number of likely N-dealkylation sites (N-methyl/N-ethyl adjacent to an activating group) is 1. The number of hydrogen-bond acceptors (Lipinski definition) is 6. The van der Waals surface area contributed by atoms with Crippen LogP contribution in [0.4, 0.5) is 20.4 Å². The van der Waals surface area contributed by atoms with Crippen LogP contribution in [-0.2, 0) is 19.5 Å². The van der Waals surface area contributed by atoms with E-state index in [1.165, 1.54) is 15.8 Å². The van der Waals surface area contributed by atoms with Crippen molar-refractivity contribution in [2.75, 3.05) is 26.0 Å². The number of methoxy groups -OCH3 is 1. The van der Waals surface area contributed by atoms with Crippen molar-refractivity contribution in [2.45, 2.75) is 31.9 Å². The number of nitrogens with zero attached hydrogens (tertiary/aromatic N) is 5. The molecule has 1 saturated carbocycles. The Hall–Kier alpha value is -2.81. The van der Waals surface area contributed by atoms with Gasteiger partial charge in [0, 0.05) is 31.6 Å². The molecule has 0 radical (unpaired) electrons. The van der Waals surface area contributed by atoms with Gasteiger partial charge in [-0.1, -0.05) is 0 Å². The molecule has 1 atom stereocenters. The minimum atomic E-state index is -2.59. The second-order valence-electron chi connectivity index (χ2n) is 7.90. The Bertz CT molecular complexity index is 1080. The quantitative estimate of drug-likeness (QED) is 0.709. The molecule has 0 spiro atoms. The molecule has 1 fully saturated rings. The summed E-state index contributed by atoms with van der Waals surface area (Å²) in [6.45, 7) is 2.05. The van der Waals surface area contributed by atoms with Gasteiger partial charge in [0.25, 0.3) is 5.92 Å². The standard InChI is InChI=1S/C20H22F2N6O/c1-27-4-3-12-6-17(29-2)16(5-13(12)10-27)25-19-23-8-14-9-24-28(18(14)26-19)11-15-7-20(15,21)22/h5-6,8-9,15H,3-4,7,10-11H2,1-2H3,(H,23,25,26). The Morgan fingerprint density at radius 3 is 2.86 bits per heavy atom. The maximum absolute atomic E-state index is 13.3. The summed E-state index contributed by atoms with van der Waals surface area (Å²) in [5, 5.41) is 8.16. The molecule has 7 nitrogen and oxygen atoms in total. The molecule has 29 heavy (non-hydrogen) atoms. The number of halogens is 2. The summed E-state index contributed by atoms with van der Waals surface area (Å²) in [5.41, 5.74) is 3.84. The molecule has 1 N–H and O–H groups in total. The average Bonchev–Trinajstić information content (AvgIpc) is 3.11. The fraction of sp³-hybridized carbons (Fsp3) is 0.450. The van der Waals surface area contributed by atoms with Crippen molar-refractivity contribution in [3.05, 3.63) is 35.7 Å². The Morgan fingerprint density at radius 1 is 1.28 bits per heavy atom. The molecule has 1 aromatic carbocycles. The van der Waals surface area contributed by atoms with E-state index in [0.29, 0.717) is 11.6 Å². The number of alkyl halides is 2. The van der Waals surface area contributed by atoms with Crippen LogP contribution >= 0.6 is 0 Å². The van der Waals surface area contributed by atoms with Gasteiger partial charge in [-0.05, 0) is 36.7 Å². The van der Waals surface area contributed by atoms with Gasteiger partial charge in [-0.3, -0.25) is 0 Å². The molecule has 1 unspecified atom stereocenters. The maximum Gasteiger partial charge on any atom is 0.253 e. The summed E-state index contributed by atoms with van der Waals surface area (Å²) in [6, 6.07) is 4.13. The highest BCUT2D eigenvalue weighted by molar-refractivity contribution is 5.76. The summed E-state index contributed by atoms with van der Waals surface area (Å²) in [5.74, 6) is -2.15. The lowest BCUT2D eigenvalue weighted by Gasteiger charge is -2.26. The van der Waals surface area contributed by atoms with Crippen molar-refractivity contribution in [2.24, 2.45) is 5.92 Å². The number of aromatic nitrogens is 4. The van der Waals surface area contributed by atoms with E-state index in [1.54, 1.807) is 19.5 Å². The van der Waals surface area contributed by atoms with Crippen LogP contribution in [0.3, 0.4) is 0 Å². The number of anilines is 2. The predicted molar refractivity (Wildman–Crippen MR) is 105 cm³/mol. The summed E-state index contributed by atoms with van der Waals surface area (Å²) in [6.07, 6.45) is 4.15. The monoisotopic (exact) mass is 400 g/mol. The van der Waals surface area contributed by atoms with Gasteiger partial charge in [0.05, 0.1) is 30.9 Å². The van der Waals surface area contributed by atoms with Crippen molar-refractivity contribution < 1.29 is 13.5 Å². The van der Waals surface area contributed by atoms with E-state index >= 15 is 0 Å². The molecule has 152 valence electrons. The zero-order valence-electron chi connectivity index (χ0n) is 16.3. The first-order chi connectivity index (χ1) is 13.9. The van der Waals surface area contributed by atoms with Gasteiger partial charge in [0.15, 0.2) is 5.65 Å². The summed E-state index contributed by atoms with van der Waals surface area (Å²) in [4.78, 5) is 11.2. The van der Waals surface area contributed by atoms with Crippen LogP contribution in [0.2, 0.25) is 0 Å². The van der Waals surface area contributed by atoms with E-state index in [-0.39, 0.29) is 13.0 Å². The third kappa shape index (κ3) is 3.39. The fourth-order valence-corrected chi connectivity index (χ4v) is 3.85. The van der Waals surface area contributed by atoms with Gasteiger partial charge in [-0.2, -0.15) is 10.1 Å². The normalized spacial score (nSPS) is 20.5. The van der Waals surface area contributed by atoms with E-state index in [9.17, 15) is 8.78 Å². The molecular formula is C20H22F2N6O. The average molecular weight is 400 g/mol. The summed E-state index contributed by atoms with van der Waals surface area (Å²) in [7, 11) is 3.73. The van der Waals surface area contributed by atoms with E-state index < -0.39 is 11.8 Å². The highest BCUT2D eigenvalue weighted by Gasteiger charge is 2.57. The number of nitrogens with one attached hydrogen (secondary N) is 1. The Balaban J connectivity index is 1.45. The molecule has 3 heterocycles. The predicted octanol–water partition coefficient (Wildman–Crippen LogP) is 3.22. The third-order valence-electron chi connectivity index (χ3n) is 5.70. The van der Waals surface area contributed by atoms with Gasteiger partial charge < -0.3 is 15.0 Å². The molecule has 1 aliphatic carbocycles. The Kier molecular flexibility index (Phi) is 4.16. The highest BCUT2D eigenvalue weighted by atomic mass is 19.3. The molecule has 0 saturated heterocycles. The van der Waals surface area contributed by atoms with Crippen LogP contribution in [-0.4, -0.2) is 51.3 Å². The van der Waals surface area contributed by atoms with E-state index in [1.807, 2.05) is 0 Å². The fourth-order valence-electron chi connectivity index (χ4n) is 3.85. The zero-order valence-corrected chi connectivity index (χ0v) is 16.3. The second kappa shape index (κ2) is 6.62. The third-order valence-corrected chi connectivity index (χ3v) is 5.70. The summed E-state index contributed by atoms with van der Waals surface area (Å²) < 4.78 is 33.7. The van der Waals surface area contributed by atoms with Crippen LogP contribution in [0.25, 0.3) is 11.0 Å². The van der Waals surface area contributed by atoms with Crippen LogP contribution in [0.1, 0.15) is 17.5 Å². The molecule has 0 amide bonds. The first-order valence-corrected chi connectivity index (χ1v) is 9.64. The van der Waals surface area contributed by atoms with Crippen LogP contribution in [0.15, 0.2) is 24.5 Å². The minimum Gasteiger partial charge on any atom is -0.495 e. The van der Waals surface area contributed by atoms with Crippen molar-refractivity contribution in [1.29, 1.82) is 0 Å². The molecule has 2 aliphatic rings. The molecule has 2 aromatic heterocycles. The van der Waals surface area contributed by atoms with Gasteiger partial charge in [0.2, 0.25) is 5.95 Å². The molecule has 5 rings (SSSR count). The lowest BCUT2D eigenvalue weighted by atomic mass is 9.99. The lowest BCUT2D eigenvalue weighted by molar-refractivity contribution is 0.0945. The minimum absolute atomic E-state index is 0.0919. The van der Waals surface area contributed by atoms with Crippen molar-refractivity contribution in [3.8, 4) is 5.75 Å². The number of rotatable bonds is 5. The Labute approximate surface area is 166 Å². The second-order valence-corrected chi connectivity index (χ2v) is 7.90. The smallest absolute Gasteiger partial charge is 0.253 e. The number of ether oxygens (including phenoxy) is 1. The van der Waals surface area contributed by atoms with E-state index in [2.05, 4.69) is 44.5 Å². The number of benzene rings is 1. The highest BCUT2D eigenvalue weighted by Crippen LogP contribution is 2.49. The van der Waals surface area contributed by atoms with Gasteiger partial charge in [0.1, 0.15) is 5.75 Å². The van der Waals surface area contributed by atoms with E-state index in [0.717, 1.165) is 36.3 Å². The first kappa shape index (κ1) is 18.2.